The van der Waals surface area contributed by atoms with Crippen molar-refractivity contribution < 1.29 is 18.0 Å². The second-order valence-corrected chi connectivity index (χ2v) is 4.02. The molecule has 0 aliphatic carbocycles. The van der Waals surface area contributed by atoms with E-state index in [1.54, 1.807) is 22.6 Å². The van der Waals surface area contributed by atoms with Gasteiger partial charge in [-0.25, -0.2) is 4.68 Å². The van der Waals surface area contributed by atoms with Crippen LogP contribution < -0.4 is 5.32 Å². The van der Waals surface area contributed by atoms with E-state index in [1.807, 2.05) is 0 Å². The van der Waals surface area contributed by atoms with Crippen LogP contribution in [0, 0.1) is 3.70 Å². The molecule has 1 aromatic heterocycles. The summed E-state index contributed by atoms with van der Waals surface area (Å²) in [6.07, 6.45) is -2.95. The van der Waals surface area contributed by atoms with Gasteiger partial charge in [0, 0.05) is 6.54 Å². The summed E-state index contributed by atoms with van der Waals surface area (Å²) in [5, 5.41) is 9.10. The van der Waals surface area contributed by atoms with E-state index in [2.05, 4.69) is 22.2 Å². The van der Waals surface area contributed by atoms with E-state index in [1.165, 1.54) is 6.08 Å². The lowest BCUT2D eigenvalue weighted by molar-refractivity contribution is -0.143. The molecule has 0 fully saturated rings. The van der Waals surface area contributed by atoms with E-state index < -0.39 is 18.6 Å². The maximum atomic E-state index is 12.1. The summed E-state index contributed by atoms with van der Waals surface area (Å²) >= 11 is 1.59. The second kappa shape index (κ2) is 5.47. The van der Waals surface area contributed by atoms with Gasteiger partial charge in [0.15, 0.2) is 5.69 Å². The Labute approximate surface area is 108 Å². The van der Waals surface area contributed by atoms with Crippen molar-refractivity contribution in [1.82, 2.24) is 20.3 Å². The third-order valence-electron chi connectivity index (χ3n) is 1.63. The first-order valence-corrected chi connectivity index (χ1v) is 5.48. The van der Waals surface area contributed by atoms with E-state index >= 15 is 0 Å². The van der Waals surface area contributed by atoms with Crippen LogP contribution in [0.4, 0.5) is 13.2 Å². The van der Waals surface area contributed by atoms with Crippen molar-refractivity contribution in [3.8, 4) is 0 Å². The number of carbonyl (C=O) groups is 1. The Morgan fingerprint density at radius 3 is 2.76 bits per heavy atom. The molecule has 1 aromatic rings. The molecule has 1 amide bonds. The number of halogens is 4. The molecule has 0 aliphatic rings. The van der Waals surface area contributed by atoms with E-state index in [4.69, 9.17) is 0 Å². The number of alkyl halides is 3. The first-order valence-electron chi connectivity index (χ1n) is 4.40. The molecule has 9 heteroatoms. The zero-order valence-electron chi connectivity index (χ0n) is 8.46. The molecule has 0 saturated carbocycles. The predicted octanol–water partition coefficient (Wildman–Crippen LogP) is 1.36. The summed E-state index contributed by atoms with van der Waals surface area (Å²) in [7, 11) is 0. The quantitative estimate of drug-likeness (QED) is 0.652. The van der Waals surface area contributed by atoms with Gasteiger partial charge >= 0.3 is 6.18 Å². The number of rotatable bonds is 4. The zero-order valence-corrected chi connectivity index (χ0v) is 10.6. The van der Waals surface area contributed by atoms with Gasteiger partial charge in [-0.2, -0.15) is 13.2 Å². The van der Waals surface area contributed by atoms with E-state index in [0.29, 0.717) is 4.68 Å². The lowest BCUT2D eigenvalue weighted by atomic mass is 10.4. The Kier molecular flexibility index (Phi) is 4.48. The Morgan fingerprint density at radius 1 is 1.59 bits per heavy atom. The molecule has 0 radical (unpaired) electrons. The first kappa shape index (κ1) is 13.9. The summed E-state index contributed by atoms with van der Waals surface area (Å²) in [5.74, 6) is -0.581. The van der Waals surface area contributed by atoms with Crippen LogP contribution in [0.25, 0.3) is 0 Å². The number of carbonyl (C=O) groups excluding carboxylic acids is 1. The van der Waals surface area contributed by atoms with Crippen LogP contribution >= 0.6 is 22.6 Å². The highest BCUT2D eigenvalue weighted by Gasteiger charge is 2.31. The van der Waals surface area contributed by atoms with Gasteiger partial charge in [-0.1, -0.05) is 11.3 Å². The molecule has 1 heterocycles. The number of amides is 1. The molecule has 17 heavy (non-hydrogen) atoms. The van der Waals surface area contributed by atoms with Crippen LogP contribution in [-0.4, -0.2) is 33.6 Å². The third-order valence-corrected chi connectivity index (χ3v) is 2.69. The summed E-state index contributed by atoms with van der Waals surface area (Å²) < 4.78 is 37.1. The minimum atomic E-state index is -4.40. The SMILES string of the molecule is C=CCNC(=O)c1nnn(CC(F)(F)F)c1I. The Morgan fingerprint density at radius 2 is 2.24 bits per heavy atom. The standard InChI is InChI=1S/C8H8F3IN4O/c1-2-3-13-7(17)5-6(12)16(15-14-5)4-8(9,10)11/h2H,1,3-4H2,(H,13,17). The highest BCUT2D eigenvalue weighted by molar-refractivity contribution is 14.1. The van der Waals surface area contributed by atoms with Crippen molar-refractivity contribution in [1.29, 1.82) is 0 Å². The molecular formula is C8H8F3IN4O. The summed E-state index contributed by atoms with van der Waals surface area (Å²) in [5.41, 5.74) is -0.128. The molecule has 0 atom stereocenters. The smallest absolute Gasteiger partial charge is 0.347 e. The molecule has 1 N–H and O–H groups in total. The molecule has 0 spiro atoms. The lowest BCUT2D eigenvalue weighted by Gasteiger charge is -2.06. The lowest BCUT2D eigenvalue weighted by Crippen LogP contribution is -2.25. The maximum Gasteiger partial charge on any atom is 0.408 e. The van der Waals surface area contributed by atoms with Gasteiger partial charge in [-0.3, -0.25) is 4.79 Å². The number of hydrogen-bond acceptors (Lipinski definition) is 3. The largest absolute Gasteiger partial charge is 0.408 e. The number of nitrogens with zero attached hydrogens (tertiary/aromatic N) is 3. The van der Waals surface area contributed by atoms with Crippen molar-refractivity contribution in [3.63, 3.8) is 0 Å². The van der Waals surface area contributed by atoms with Gasteiger partial charge < -0.3 is 5.32 Å². The second-order valence-electron chi connectivity index (χ2n) is 3.00. The molecule has 1 rings (SSSR count). The first-order chi connectivity index (χ1) is 7.85. The van der Waals surface area contributed by atoms with Crippen LogP contribution in [0.2, 0.25) is 0 Å². The third kappa shape index (κ3) is 3.98. The van der Waals surface area contributed by atoms with Gasteiger partial charge in [0.2, 0.25) is 0 Å². The van der Waals surface area contributed by atoms with Crippen LogP contribution in [0.3, 0.4) is 0 Å². The number of hydrogen-bond donors (Lipinski definition) is 1. The zero-order chi connectivity index (χ0) is 13.1. The molecule has 0 saturated heterocycles. The van der Waals surface area contributed by atoms with Gasteiger partial charge in [0.05, 0.1) is 0 Å². The summed E-state index contributed by atoms with van der Waals surface area (Å²) in [6.45, 7) is 2.33. The maximum absolute atomic E-state index is 12.1. The molecule has 0 bridgehead atoms. The van der Waals surface area contributed by atoms with E-state index in [9.17, 15) is 18.0 Å². The van der Waals surface area contributed by atoms with Gasteiger partial charge in [0.25, 0.3) is 5.91 Å². The fraction of sp³-hybridized carbons (Fsp3) is 0.375. The van der Waals surface area contributed by atoms with Crippen LogP contribution in [-0.2, 0) is 6.54 Å². The average molecular weight is 360 g/mol. The highest BCUT2D eigenvalue weighted by atomic mass is 127. The van der Waals surface area contributed by atoms with Crippen molar-refractivity contribution in [2.24, 2.45) is 0 Å². The Hall–Kier alpha value is -1.13. The van der Waals surface area contributed by atoms with Gasteiger partial charge in [0.1, 0.15) is 10.2 Å². The normalized spacial score (nSPS) is 11.3. The fourth-order valence-corrected chi connectivity index (χ4v) is 1.58. The Bertz CT molecular complexity index is 429. The van der Waals surface area contributed by atoms with Gasteiger partial charge in [-0.15, -0.1) is 11.7 Å². The molecule has 5 nitrogen and oxygen atoms in total. The number of aromatic nitrogens is 3. The van der Waals surface area contributed by atoms with Crippen LogP contribution in [0.15, 0.2) is 12.7 Å². The topological polar surface area (TPSA) is 59.8 Å². The molecule has 0 aliphatic heterocycles. The van der Waals surface area contributed by atoms with Crippen molar-refractivity contribution >= 4 is 28.5 Å². The minimum absolute atomic E-state index is 0.0430. The van der Waals surface area contributed by atoms with E-state index in [0.717, 1.165) is 0 Å². The van der Waals surface area contributed by atoms with Crippen molar-refractivity contribution in [2.75, 3.05) is 6.54 Å². The van der Waals surface area contributed by atoms with Crippen molar-refractivity contribution in [2.45, 2.75) is 12.7 Å². The molecular weight excluding hydrogens is 352 g/mol. The highest BCUT2D eigenvalue weighted by Crippen LogP contribution is 2.19. The van der Waals surface area contributed by atoms with Crippen LogP contribution in [0.1, 0.15) is 10.5 Å². The Balaban J connectivity index is 2.83. The monoisotopic (exact) mass is 360 g/mol. The predicted molar refractivity (Wildman–Crippen MR) is 61.3 cm³/mol. The molecule has 0 aromatic carbocycles. The van der Waals surface area contributed by atoms with Crippen molar-refractivity contribution in [3.05, 3.63) is 22.0 Å². The van der Waals surface area contributed by atoms with Gasteiger partial charge in [-0.05, 0) is 22.6 Å². The fourth-order valence-electron chi connectivity index (χ4n) is 0.960. The van der Waals surface area contributed by atoms with E-state index in [-0.39, 0.29) is 15.9 Å². The number of nitrogens with one attached hydrogen (secondary N) is 1. The summed E-state index contributed by atoms with van der Waals surface area (Å²) in [4.78, 5) is 11.4. The summed E-state index contributed by atoms with van der Waals surface area (Å²) in [6, 6.07) is 0. The average Bonchev–Trinajstić information content (AvgIpc) is 2.55. The molecule has 94 valence electrons. The van der Waals surface area contributed by atoms with Crippen LogP contribution in [0.5, 0.6) is 0 Å². The molecule has 0 unspecified atom stereocenters. The minimum Gasteiger partial charge on any atom is -0.347 e.